The van der Waals surface area contributed by atoms with E-state index in [4.69, 9.17) is 4.74 Å². The fourth-order valence-corrected chi connectivity index (χ4v) is 2.27. The summed E-state index contributed by atoms with van der Waals surface area (Å²) in [4.78, 5) is 4.52. The minimum absolute atomic E-state index is 0.0443. The molecule has 0 spiro atoms. The van der Waals surface area contributed by atoms with E-state index in [0.717, 1.165) is 37.1 Å². The third kappa shape index (κ3) is 5.91. The average molecular weight is 279 g/mol. The third-order valence-corrected chi connectivity index (χ3v) is 3.61. The lowest BCUT2D eigenvalue weighted by atomic mass is 10.0. The summed E-state index contributed by atoms with van der Waals surface area (Å²) in [6, 6.07) is 3.82. The highest BCUT2D eigenvalue weighted by molar-refractivity contribution is 5.24. The van der Waals surface area contributed by atoms with Crippen LogP contribution in [0.25, 0.3) is 0 Å². The lowest BCUT2D eigenvalue weighted by molar-refractivity contribution is 0.224. The molecule has 0 saturated heterocycles. The number of rotatable bonds is 10. The van der Waals surface area contributed by atoms with Crippen LogP contribution in [0.5, 0.6) is 5.88 Å². The molecule has 1 N–H and O–H groups in total. The molecular weight excluding hydrogens is 250 g/mol. The van der Waals surface area contributed by atoms with Crippen molar-refractivity contribution < 1.29 is 9.84 Å². The van der Waals surface area contributed by atoms with Crippen molar-refractivity contribution in [1.29, 1.82) is 0 Å². The zero-order valence-corrected chi connectivity index (χ0v) is 13.2. The number of aliphatic hydroxyl groups excluding tert-OH is 1. The number of pyridine rings is 1. The van der Waals surface area contributed by atoms with Crippen LogP contribution < -0.4 is 4.74 Å². The molecule has 0 bridgehead atoms. The fourth-order valence-electron chi connectivity index (χ4n) is 2.27. The Hall–Kier alpha value is -1.09. The molecule has 0 aliphatic rings. The van der Waals surface area contributed by atoms with Crippen LogP contribution in [-0.4, -0.2) is 16.7 Å². The lowest BCUT2D eigenvalue weighted by Crippen LogP contribution is -2.12. The smallest absolute Gasteiger partial charge is 0.213 e. The van der Waals surface area contributed by atoms with Gasteiger partial charge in [-0.3, -0.25) is 0 Å². The number of hydrogen-bond donors (Lipinski definition) is 1. The number of aromatic nitrogens is 1. The van der Waals surface area contributed by atoms with Crippen molar-refractivity contribution in [3.63, 3.8) is 0 Å². The van der Waals surface area contributed by atoms with Crippen LogP contribution in [0.2, 0.25) is 0 Å². The van der Waals surface area contributed by atoms with E-state index in [1.807, 2.05) is 12.1 Å². The van der Waals surface area contributed by atoms with Crippen molar-refractivity contribution >= 4 is 0 Å². The molecule has 1 unspecified atom stereocenters. The molecule has 1 rings (SSSR count). The van der Waals surface area contributed by atoms with Crippen molar-refractivity contribution in [1.82, 2.24) is 4.98 Å². The molecule has 1 atom stereocenters. The molecule has 0 aromatic carbocycles. The summed E-state index contributed by atoms with van der Waals surface area (Å²) in [5, 5.41) is 9.31. The van der Waals surface area contributed by atoms with Gasteiger partial charge in [0, 0.05) is 11.8 Å². The predicted octanol–water partition coefficient (Wildman–Crippen LogP) is 4.12. The highest BCUT2D eigenvalue weighted by Crippen LogP contribution is 2.18. The monoisotopic (exact) mass is 279 g/mol. The van der Waals surface area contributed by atoms with Gasteiger partial charge in [-0.15, -0.1) is 0 Å². The molecule has 0 aliphatic heterocycles. The molecule has 114 valence electrons. The van der Waals surface area contributed by atoms with Gasteiger partial charge >= 0.3 is 0 Å². The lowest BCUT2D eigenvalue weighted by Gasteiger charge is -2.16. The largest absolute Gasteiger partial charge is 0.477 e. The van der Waals surface area contributed by atoms with E-state index < -0.39 is 0 Å². The molecular formula is C17H29NO2. The number of hydrogen-bond acceptors (Lipinski definition) is 3. The Morgan fingerprint density at radius 3 is 2.60 bits per heavy atom. The first kappa shape index (κ1) is 17.0. The van der Waals surface area contributed by atoms with E-state index in [1.165, 1.54) is 19.3 Å². The van der Waals surface area contributed by atoms with E-state index >= 15 is 0 Å². The molecule has 3 heteroatoms. The number of nitrogens with zero attached hydrogens (tertiary/aromatic N) is 1. The van der Waals surface area contributed by atoms with Gasteiger partial charge in [0.15, 0.2) is 0 Å². The van der Waals surface area contributed by atoms with Crippen molar-refractivity contribution in [2.75, 3.05) is 6.61 Å². The number of ether oxygens (including phenoxy) is 1. The average Bonchev–Trinajstić information content (AvgIpc) is 2.47. The zero-order valence-electron chi connectivity index (χ0n) is 13.2. The van der Waals surface area contributed by atoms with Crippen molar-refractivity contribution in [2.45, 2.75) is 65.9 Å². The molecule has 0 radical (unpaired) electrons. The second-order valence-electron chi connectivity index (χ2n) is 5.44. The summed E-state index contributed by atoms with van der Waals surface area (Å²) in [5.41, 5.74) is 1.90. The first-order valence-corrected chi connectivity index (χ1v) is 7.96. The number of unbranched alkanes of at least 4 members (excludes halogenated alkanes) is 1. The van der Waals surface area contributed by atoms with E-state index in [-0.39, 0.29) is 6.61 Å². The first-order chi connectivity index (χ1) is 9.73. The van der Waals surface area contributed by atoms with Gasteiger partial charge in [-0.05, 0) is 30.4 Å². The summed E-state index contributed by atoms with van der Waals surface area (Å²) in [6.45, 7) is 7.33. The van der Waals surface area contributed by atoms with E-state index in [1.54, 1.807) is 0 Å². The van der Waals surface area contributed by atoms with Gasteiger partial charge in [-0.2, -0.15) is 0 Å². The molecule has 0 aliphatic carbocycles. The fraction of sp³-hybridized carbons (Fsp3) is 0.706. The van der Waals surface area contributed by atoms with Crippen LogP contribution in [0.4, 0.5) is 0 Å². The molecule has 3 nitrogen and oxygen atoms in total. The van der Waals surface area contributed by atoms with Crippen LogP contribution in [0.15, 0.2) is 12.1 Å². The zero-order chi connectivity index (χ0) is 14.8. The van der Waals surface area contributed by atoms with Crippen molar-refractivity contribution in [3.05, 3.63) is 23.4 Å². The summed E-state index contributed by atoms with van der Waals surface area (Å²) in [5.74, 6) is 1.26. The minimum atomic E-state index is 0.0443. The van der Waals surface area contributed by atoms with Gasteiger partial charge in [-0.25, -0.2) is 4.98 Å². The standard InChI is InChI=1S/C17H29NO2/c1-4-7-9-14(6-3)13-20-17-11-15(12-19)10-16(18-17)8-5-2/h10-11,14,19H,4-9,12-13H2,1-3H3. The summed E-state index contributed by atoms with van der Waals surface area (Å²) in [7, 11) is 0. The second kappa shape index (κ2) is 9.76. The molecule has 0 amide bonds. The third-order valence-electron chi connectivity index (χ3n) is 3.61. The highest BCUT2D eigenvalue weighted by atomic mass is 16.5. The Bertz CT molecular complexity index is 379. The topological polar surface area (TPSA) is 42.4 Å². The first-order valence-electron chi connectivity index (χ1n) is 7.96. The molecule has 1 aromatic rings. The van der Waals surface area contributed by atoms with Crippen molar-refractivity contribution in [2.24, 2.45) is 5.92 Å². The minimum Gasteiger partial charge on any atom is -0.477 e. The van der Waals surface area contributed by atoms with Crippen LogP contribution >= 0.6 is 0 Å². The van der Waals surface area contributed by atoms with E-state index in [2.05, 4.69) is 25.8 Å². The quantitative estimate of drug-likeness (QED) is 0.700. The molecule has 1 heterocycles. The van der Waals surface area contributed by atoms with Crippen LogP contribution in [0, 0.1) is 5.92 Å². The Kier molecular flexibility index (Phi) is 8.28. The van der Waals surface area contributed by atoms with Gasteiger partial charge in [0.25, 0.3) is 0 Å². The Balaban J connectivity index is 2.63. The Morgan fingerprint density at radius 1 is 1.20 bits per heavy atom. The van der Waals surface area contributed by atoms with Gasteiger partial charge in [0.2, 0.25) is 5.88 Å². The maximum Gasteiger partial charge on any atom is 0.213 e. The summed E-state index contributed by atoms with van der Waals surface area (Å²) >= 11 is 0. The van der Waals surface area contributed by atoms with E-state index in [0.29, 0.717) is 11.8 Å². The van der Waals surface area contributed by atoms with Crippen LogP contribution in [0.1, 0.15) is 64.1 Å². The van der Waals surface area contributed by atoms with Gasteiger partial charge in [0.1, 0.15) is 0 Å². The molecule has 0 saturated carbocycles. The summed E-state index contributed by atoms with van der Waals surface area (Å²) in [6.07, 6.45) is 6.82. The van der Waals surface area contributed by atoms with Crippen LogP contribution in [-0.2, 0) is 13.0 Å². The number of aliphatic hydroxyl groups is 1. The molecule has 20 heavy (non-hydrogen) atoms. The second-order valence-corrected chi connectivity index (χ2v) is 5.44. The highest BCUT2D eigenvalue weighted by Gasteiger charge is 2.09. The van der Waals surface area contributed by atoms with Gasteiger partial charge in [0.05, 0.1) is 13.2 Å². The van der Waals surface area contributed by atoms with E-state index in [9.17, 15) is 5.11 Å². The number of aryl methyl sites for hydroxylation is 1. The predicted molar refractivity (Wildman–Crippen MR) is 83.0 cm³/mol. The molecule has 0 fully saturated rings. The van der Waals surface area contributed by atoms with Crippen LogP contribution in [0.3, 0.4) is 0 Å². The normalized spacial score (nSPS) is 12.4. The van der Waals surface area contributed by atoms with Crippen molar-refractivity contribution in [3.8, 4) is 5.88 Å². The maximum absolute atomic E-state index is 9.31. The Morgan fingerprint density at radius 2 is 2.00 bits per heavy atom. The maximum atomic E-state index is 9.31. The molecule has 1 aromatic heterocycles. The Labute approximate surface area is 123 Å². The SMILES string of the molecule is CCCCC(CC)COc1cc(CO)cc(CCC)n1. The van der Waals surface area contributed by atoms with Gasteiger partial charge in [-0.1, -0.05) is 46.5 Å². The summed E-state index contributed by atoms with van der Waals surface area (Å²) < 4.78 is 5.86. The van der Waals surface area contributed by atoms with Gasteiger partial charge < -0.3 is 9.84 Å².